The number of hydrogen-bond acceptors (Lipinski definition) is 1. The van der Waals surface area contributed by atoms with E-state index in [1.54, 1.807) is 4.57 Å². The van der Waals surface area contributed by atoms with Gasteiger partial charge in [0.05, 0.1) is 0 Å². The van der Waals surface area contributed by atoms with E-state index in [1.807, 2.05) is 73.7 Å². The summed E-state index contributed by atoms with van der Waals surface area (Å²) in [6.07, 6.45) is 0. The minimum Gasteiger partial charge on any atom is -0.280 e. The molecular weight excluding hydrogens is 282 g/mol. The molecule has 0 aliphatic heterocycles. The molecule has 3 rings (SSSR count). The molecule has 0 aliphatic carbocycles. The van der Waals surface area contributed by atoms with Crippen molar-refractivity contribution < 1.29 is 0 Å². The number of aryl methyl sites for hydroxylation is 1. The highest BCUT2D eigenvalue weighted by atomic mass is 35.5. The van der Waals surface area contributed by atoms with Gasteiger partial charge >= 0.3 is 0 Å². The summed E-state index contributed by atoms with van der Waals surface area (Å²) in [6.45, 7) is 1.91. The van der Waals surface area contributed by atoms with E-state index in [9.17, 15) is 4.79 Å². The topological polar surface area (TPSA) is 22.0 Å². The SMILES string of the molecule is Cc1cc(-c2ccccc2)c(Cl)c(=O)n1-c1ccccc1. The molecule has 2 aromatic carbocycles. The van der Waals surface area contributed by atoms with Gasteiger partial charge in [0.25, 0.3) is 5.56 Å². The van der Waals surface area contributed by atoms with Crippen LogP contribution >= 0.6 is 11.6 Å². The first-order chi connectivity index (χ1) is 10.2. The zero-order valence-electron chi connectivity index (χ0n) is 11.6. The Morgan fingerprint density at radius 3 is 2.10 bits per heavy atom. The summed E-state index contributed by atoms with van der Waals surface area (Å²) >= 11 is 6.32. The molecule has 0 saturated heterocycles. The van der Waals surface area contributed by atoms with E-state index < -0.39 is 0 Å². The van der Waals surface area contributed by atoms with Crippen LogP contribution in [-0.4, -0.2) is 4.57 Å². The highest BCUT2D eigenvalue weighted by molar-refractivity contribution is 6.33. The van der Waals surface area contributed by atoms with E-state index in [0.29, 0.717) is 0 Å². The summed E-state index contributed by atoms with van der Waals surface area (Å²) < 4.78 is 1.63. The molecule has 0 saturated carbocycles. The fraction of sp³-hybridized carbons (Fsp3) is 0.0556. The molecule has 3 aromatic rings. The number of hydrogen-bond donors (Lipinski definition) is 0. The van der Waals surface area contributed by atoms with Crippen LogP contribution in [0.5, 0.6) is 0 Å². The van der Waals surface area contributed by atoms with Crippen LogP contribution in [0.2, 0.25) is 5.02 Å². The summed E-state index contributed by atoms with van der Waals surface area (Å²) in [5, 5.41) is 0.246. The Morgan fingerprint density at radius 2 is 1.48 bits per heavy atom. The summed E-state index contributed by atoms with van der Waals surface area (Å²) in [5.41, 5.74) is 3.20. The van der Waals surface area contributed by atoms with Crippen LogP contribution in [0.4, 0.5) is 0 Å². The van der Waals surface area contributed by atoms with Crippen molar-refractivity contribution >= 4 is 11.6 Å². The van der Waals surface area contributed by atoms with Crippen LogP contribution in [0.15, 0.2) is 71.5 Å². The first-order valence-corrected chi connectivity index (χ1v) is 7.09. The van der Waals surface area contributed by atoms with Gasteiger partial charge in [0.15, 0.2) is 0 Å². The van der Waals surface area contributed by atoms with Crippen molar-refractivity contribution in [2.24, 2.45) is 0 Å². The Hall–Kier alpha value is -2.32. The molecule has 1 aromatic heterocycles. The van der Waals surface area contributed by atoms with Gasteiger partial charge < -0.3 is 0 Å². The second-order valence-corrected chi connectivity index (χ2v) is 5.23. The van der Waals surface area contributed by atoms with Gasteiger partial charge in [0.2, 0.25) is 0 Å². The van der Waals surface area contributed by atoms with E-state index in [-0.39, 0.29) is 10.6 Å². The van der Waals surface area contributed by atoms with E-state index in [2.05, 4.69) is 0 Å². The normalized spacial score (nSPS) is 10.6. The van der Waals surface area contributed by atoms with Gasteiger partial charge in [-0.15, -0.1) is 0 Å². The maximum Gasteiger partial charge on any atom is 0.274 e. The van der Waals surface area contributed by atoms with Crippen molar-refractivity contribution in [1.29, 1.82) is 0 Å². The van der Waals surface area contributed by atoms with E-state index in [0.717, 1.165) is 22.5 Å². The van der Waals surface area contributed by atoms with Crippen molar-refractivity contribution in [2.75, 3.05) is 0 Å². The molecule has 0 bridgehead atoms. The first-order valence-electron chi connectivity index (χ1n) is 6.71. The molecule has 0 spiro atoms. The number of pyridine rings is 1. The summed E-state index contributed by atoms with van der Waals surface area (Å²) in [7, 11) is 0. The van der Waals surface area contributed by atoms with Crippen LogP contribution in [0, 0.1) is 6.92 Å². The molecule has 0 amide bonds. The summed E-state index contributed by atoms with van der Waals surface area (Å²) in [6, 6.07) is 21.2. The number of para-hydroxylation sites is 1. The lowest BCUT2D eigenvalue weighted by Crippen LogP contribution is -2.21. The molecule has 21 heavy (non-hydrogen) atoms. The third-order valence-corrected chi connectivity index (χ3v) is 3.80. The standard InChI is InChI=1S/C18H14ClNO/c1-13-12-16(14-8-4-2-5-9-14)17(19)18(21)20(13)15-10-6-3-7-11-15/h2-12H,1H3. The molecule has 0 aliphatic rings. The fourth-order valence-electron chi connectivity index (χ4n) is 2.44. The van der Waals surface area contributed by atoms with Gasteiger partial charge in [0, 0.05) is 16.9 Å². The monoisotopic (exact) mass is 295 g/mol. The summed E-state index contributed by atoms with van der Waals surface area (Å²) in [5.74, 6) is 0. The van der Waals surface area contributed by atoms with Crippen LogP contribution in [0.25, 0.3) is 16.8 Å². The molecule has 0 N–H and O–H groups in total. The predicted molar refractivity (Wildman–Crippen MR) is 87.2 cm³/mol. The quantitative estimate of drug-likeness (QED) is 0.684. The third kappa shape index (κ3) is 2.50. The lowest BCUT2D eigenvalue weighted by atomic mass is 10.1. The van der Waals surface area contributed by atoms with Gasteiger partial charge in [-0.3, -0.25) is 9.36 Å². The van der Waals surface area contributed by atoms with Gasteiger partial charge in [-0.2, -0.15) is 0 Å². The van der Waals surface area contributed by atoms with Gasteiger partial charge in [-0.25, -0.2) is 0 Å². The highest BCUT2D eigenvalue weighted by Crippen LogP contribution is 2.26. The smallest absolute Gasteiger partial charge is 0.274 e. The van der Waals surface area contributed by atoms with Crippen molar-refractivity contribution in [2.45, 2.75) is 6.92 Å². The predicted octanol–water partition coefficient (Wildman–Crippen LogP) is 4.47. The van der Waals surface area contributed by atoms with E-state index >= 15 is 0 Å². The van der Waals surface area contributed by atoms with Crippen LogP contribution in [0.1, 0.15) is 5.69 Å². The molecule has 1 heterocycles. The summed E-state index contributed by atoms with van der Waals surface area (Å²) in [4.78, 5) is 12.6. The Balaban J connectivity index is 2.25. The average molecular weight is 296 g/mol. The van der Waals surface area contributed by atoms with Crippen molar-refractivity contribution in [1.82, 2.24) is 4.57 Å². The molecule has 0 radical (unpaired) electrons. The highest BCUT2D eigenvalue weighted by Gasteiger charge is 2.13. The molecule has 3 heteroatoms. The van der Waals surface area contributed by atoms with E-state index in [4.69, 9.17) is 11.6 Å². The van der Waals surface area contributed by atoms with Crippen LogP contribution in [-0.2, 0) is 0 Å². The lowest BCUT2D eigenvalue weighted by Gasteiger charge is -2.13. The van der Waals surface area contributed by atoms with Gasteiger partial charge in [0.1, 0.15) is 5.02 Å². The zero-order chi connectivity index (χ0) is 14.8. The Kier molecular flexibility index (Phi) is 3.63. The average Bonchev–Trinajstić information content (AvgIpc) is 2.53. The zero-order valence-corrected chi connectivity index (χ0v) is 12.3. The van der Waals surface area contributed by atoms with Crippen LogP contribution in [0.3, 0.4) is 0 Å². The van der Waals surface area contributed by atoms with Crippen molar-refractivity contribution in [3.63, 3.8) is 0 Å². The van der Waals surface area contributed by atoms with Gasteiger partial charge in [-0.1, -0.05) is 60.1 Å². The molecular formula is C18H14ClNO. The minimum atomic E-state index is -0.193. The second kappa shape index (κ2) is 5.58. The molecule has 0 fully saturated rings. The second-order valence-electron chi connectivity index (χ2n) is 4.86. The number of aromatic nitrogens is 1. The first kappa shape index (κ1) is 13.7. The Bertz CT molecular complexity index is 823. The molecule has 0 atom stereocenters. The largest absolute Gasteiger partial charge is 0.280 e. The third-order valence-electron chi connectivity index (χ3n) is 3.43. The van der Waals surface area contributed by atoms with Crippen LogP contribution < -0.4 is 5.56 Å². The number of halogens is 1. The Morgan fingerprint density at radius 1 is 0.905 bits per heavy atom. The fourth-order valence-corrected chi connectivity index (χ4v) is 2.68. The lowest BCUT2D eigenvalue weighted by molar-refractivity contribution is 0.936. The maximum atomic E-state index is 12.6. The number of rotatable bonds is 2. The van der Waals surface area contributed by atoms with Crippen molar-refractivity contribution in [3.05, 3.63) is 87.8 Å². The Labute approximate surface area is 128 Å². The maximum absolute atomic E-state index is 12.6. The van der Waals surface area contributed by atoms with E-state index in [1.165, 1.54) is 0 Å². The van der Waals surface area contributed by atoms with Gasteiger partial charge in [-0.05, 0) is 30.7 Å². The molecule has 2 nitrogen and oxygen atoms in total. The number of benzene rings is 2. The number of nitrogens with zero attached hydrogens (tertiary/aromatic N) is 1. The molecule has 0 unspecified atom stereocenters. The molecule has 104 valence electrons. The minimum absolute atomic E-state index is 0.193. The van der Waals surface area contributed by atoms with Crippen molar-refractivity contribution in [3.8, 4) is 16.8 Å².